The van der Waals surface area contributed by atoms with Crippen molar-refractivity contribution in [1.29, 1.82) is 0 Å². The summed E-state index contributed by atoms with van der Waals surface area (Å²) in [6.07, 6.45) is -20.7. The Balaban J connectivity index is 2.27. The van der Waals surface area contributed by atoms with Crippen molar-refractivity contribution in [2.45, 2.75) is 24.7 Å². The summed E-state index contributed by atoms with van der Waals surface area (Å²) in [5.74, 6) is 0. The first kappa shape index (κ1) is 28.3. The average Bonchev–Trinajstić information content (AvgIpc) is 2.73. The molecular weight excluding hydrogens is 654 g/mol. The predicted molar refractivity (Wildman–Crippen MR) is 103 cm³/mol. The third-order valence-corrected chi connectivity index (χ3v) is 6.81. The minimum absolute atomic E-state index is 0.0442. The van der Waals surface area contributed by atoms with E-state index in [1.54, 1.807) is 0 Å². The van der Waals surface area contributed by atoms with Gasteiger partial charge in [0.2, 0.25) is 0 Å². The van der Waals surface area contributed by atoms with Crippen molar-refractivity contribution >= 4 is 52.3 Å². The number of alkyl halides is 12. The van der Waals surface area contributed by atoms with Crippen LogP contribution in [0, 0.1) is 0 Å². The van der Waals surface area contributed by atoms with Crippen molar-refractivity contribution in [3.8, 4) is 0 Å². The van der Waals surface area contributed by atoms with E-state index in [0.29, 0.717) is 24.3 Å². The number of hydrogen-bond acceptors (Lipinski definition) is 2. The van der Waals surface area contributed by atoms with Crippen molar-refractivity contribution < 1.29 is 52.7 Å². The number of benzene rings is 2. The summed E-state index contributed by atoms with van der Waals surface area (Å²) < 4.78 is 157. The minimum atomic E-state index is -5.17. The van der Waals surface area contributed by atoms with Gasteiger partial charge in [0.25, 0.3) is 0 Å². The molecule has 0 saturated carbocycles. The van der Waals surface area contributed by atoms with Gasteiger partial charge in [-0.15, -0.1) is 0 Å². The van der Waals surface area contributed by atoms with Crippen LogP contribution in [0.2, 0.25) is 0 Å². The molecule has 2 radical (unpaired) electrons. The Morgan fingerprint density at radius 2 is 0.639 bits per heavy atom. The number of rotatable bonds is 2. The van der Waals surface area contributed by atoms with Crippen LogP contribution in [0.3, 0.4) is 0 Å². The Kier molecular flexibility index (Phi) is 7.25. The summed E-state index contributed by atoms with van der Waals surface area (Å²) in [4.78, 5) is 7.39. The van der Waals surface area contributed by atoms with Gasteiger partial charge in [-0.3, -0.25) is 0 Å². The fourth-order valence-electron chi connectivity index (χ4n) is 2.84. The van der Waals surface area contributed by atoms with E-state index in [1.165, 1.54) is 0 Å². The van der Waals surface area contributed by atoms with Gasteiger partial charge >= 0.3 is 209 Å². The molecule has 3 aromatic carbocycles. The van der Waals surface area contributed by atoms with Gasteiger partial charge < -0.3 is 0 Å². The number of hydrogen-bond donors (Lipinski definition) is 0. The van der Waals surface area contributed by atoms with Gasteiger partial charge in [0.05, 0.1) is 0 Å². The summed E-state index contributed by atoms with van der Waals surface area (Å²) >= 11 is 4.81. The Labute approximate surface area is 209 Å². The zero-order valence-electron chi connectivity index (χ0n) is 16.7. The van der Waals surface area contributed by atoms with Gasteiger partial charge in [-0.2, -0.15) is 0 Å². The third kappa shape index (κ3) is 6.16. The summed E-state index contributed by atoms with van der Waals surface area (Å²) in [6, 6.07) is 0.948. The molecule has 0 atom stereocenters. The molecule has 0 saturated heterocycles. The van der Waals surface area contributed by atoms with Crippen molar-refractivity contribution in [3.05, 3.63) is 69.4 Å². The molecule has 0 aromatic heterocycles. The van der Waals surface area contributed by atoms with Crippen molar-refractivity contribution in [2.75, 3.05) is 0 Å². The van der Waals surface area contributed by atoms with Crippen molar-refractivity contribution in [1.82, 2.24) is 0 Å². The number of nitrogens with zero attached hydrogens (tertiary/aromatic N) is 2. The normalized spacial score (nSPS) is 14.7. The summed E-state index contributed by atoms with van der Waals surface area (Å²) in [7, 11) is 0. The maximum atomic E-state index is 13.1. The molecule has 0 unspecified atom stereocenters. The first-order valence-corrected chi connectivity index (χ1v) is 10.7. The van der Waals surface area contributed by atoms with E-state index < -0.39 is 58.3 Å². The SMILES string of the molecule is FC(F)(F)c1cc(N=c2c([Se])c([Se])c2=Nc2cc(C(F)(F)F)cc(C(F)(F)F)c2)cc(C(F)(F)F)c1. The fraction of sp³-hybridized carbons (Fsp3) is 0.200. The van der Waals surface area contributed by atoms with Crippen LogP contribution in [0.4, 0.5) is 64.1 Å². The molecule has 0 aliphatic rings. The maximum absolute atomic E-state index is 13.1. The first-order chi connectivity index (χ1) is 16.2. The summed E-state index contributed by atoms with van der Waals surface area (Å²) in [6.45, 7) is 0. The zero-order chi connectivity index (χ0) is 27.4. The fourth-order valence-corrected chi connectivity index (χ4v) is 3.84. The molecule has 0 aliphatic heterocycles. The van der Waals surface area contributed by atoms with E-state index in [-0.39, 0.29) is 31.8 Å². The second-order valence-corrected chi connectivity index (χ2v) is 8.82. The molecule has 0 aliphatic carbocycles. The van der Waals surface area contributed by atoms with Gasteiger partial charge in [0, 0.05) is 0 Å². The Morgan fingerprint density at radius 3 is 0.833 bits per heavy atom. The van der Waals surface area contributed by atoms with E-state index >= 15 is 0 Å². The van der Waals surface area contributed by atoms with Gasteiger partial charge in [-0.1, -0.05) is 0 Å². The van der Waals surface area contributed by atoms with E-state index in [2.05, 4.69) is 42.0 Å². The molecule has 3 aromatic rings. The van der Waals surface area contributed by atoms with Crippen LogP contribution >= 0.6 is 0 Å². The first-order valence-electron chi connectivity index (χ1n) is 9.03. The zero-order valence-corrected chi connectivity index (χ0v) is 20.1. The molecule has 0 fully saturated rings. The summed E-state index contributed by atoms with van der Waals surface area (Å²) in [5, 5.41) is -0.746. The van der Waals surface area contributed by atoms with Gasteiger partial charge in [0.1, 0.15) is 0 Å². The molecular formula is C20H6F12N2Se2. The van der Waals surface area contributed by atoms with Crippen LogP contribution in [0.15, 0.2) is 46.4 Å². The third-order valence-electron chi connectivity index (χ3n) is 4.49. The van der Waals surface area contributed by atoms with Crippen LogP contribution in [0.1, 0.15) is 22.3 Å². The monoisotopic (exact) mass is 662 g/mol. The molecule has 192 valence electrons. The predicted octanol–water partition coefficient (Wildman–Crippen LogP) is 4.69. The second-order valence-electron chi connectivity index (χ2n) is 7.11. The average molecular weight is 660 g/mol. The van der Waals surface area contributed by atoms with Gasteiger partial charge in [-0.25, -0.2) is 0 Å². The topological polar surface area (TPSA) is 24.7 Å². The standard InChI is InChI=1S/C20H6F12N2Se2/c21-17(22,23)7-1-8(18(24,25)26)4-11(3-7)33-13-14(16(36)15(13)35)34-12-5-9(19(27,28)29)2-10(6-12)20(30,31)32/h1-6H. The van der Waals surface area contributed by atoms with Crippen LogP contribution < -0.4 is 19.6 Å². The summed E-state index contributed by atoms with van der Waals surface area (Å²) in [5.41, 5.74) is -8.32. The quantitative estimate of drug-likeness (QED) is 0.282. The second kappa shape index (κ2) is 9.23. The Hall–Kier alpha value is -2.28. The number of halogens is 12. The molecule has 0 N–H and O–H groups in total. The molecule has 0 bridgehead atoms. The molecule has 0 spiro atoms. The van der Waals surface area contributed by atoms with Crippen molar-refractivity contribution in [3.63, 3.8) is 0 Å². The Morgan fingerprint density at radius 1 is 0.417 bits per heavy atom. The van der Waals surface area contributed by atoms with Crippen molar-refractivity contribution in [2.24, 2.45) is 9.98 Å². The molecule has 2 nitrogen and oxygen atoms in total. The Bertz CT molecular complexity index is 1230. The van der Waals surface area contributed by atoms with E-state index in [0.717, 1.165) is 0 Å². The van der Waals surface area contributed by atoms with Gasteiger partial charge in [0.15, 0.2) is 0 Å². The van der Waals surface area contributed by atoms with E-state index in [1.807, 2.05) is 0 Å². The van der Waals surface area contributed by atoms with E-state index in [4.69, 9.17) is 0 Å². The van der Waals surface area contributed by atoms with Crippen LogP contribution in [-0.2, 0) is 24.7 Å². The molecule has 16 heteroatoms. The van der Waals surface area contributed by atoms with Crippen LogP contribution in [0.25, 0.3) is 0 Å². The molecule has 36 heavy (non-hydrogen) atoms. The van der Waals surface area contributed by atoms with Crippen LogP contribution in [-0.4, -0.2) is 32.0 Å². The van der Waals surface area contributed by atoms with Gasteiger partial charge in [-0.05, 0) is 0 Å². The van der Waals surface area contributed by atoms with Crippen LogP contribution in [0.5, 0.6) is 0 Å². The molecule has 0 amide bonds. The van der Waals surface area contributed by atoms with E-state index in [9.17, 15) is 52.7 Å². The molecule has 0 heterocycles. The molecule has 3 rings (SSSR count).